The second-order valence-electron chi connectivity index (χ2n) is 8.17. The predicted molar refractivity (Wildman–Crippen MR) is 128 cm³/mol. The number of nitrogens with one attached hydrogen (secondary N) is 1. The van der Waals surface area contributed by atoms with E-state index >= 15 is 0 Å². The topological polar surface area (TPSA) is 52.5 Å². The van der Waals surface area contributed by atoms with Crippen LogP contribution < -0.4 is 20.3 Å². The standard InChI is InChI=1S/C26H34N2O3/c1-5-6-7-11-16-30-24-22-15-14-21(27-18-20-12-9-8-10-13-20)17-23(22)28(4)26(29)25(24)31-19(2)3/h8-10,12-15,17,19,27H,5-7,11,16,18H2,1-4H3. The third-order valence-corrected chi connectivity index (χ3v) is 5.25. The summed E-state index contributed by atoms with van der Waals surface area (Å²) in [6, 6.07) is 16.3. The van der Waals surface area contributed by atoms with Crippen LogP contribution in [0, 0.1) is 0 Å². The number of pyridine rings is 1. The fourth-order valence-corrected chi connectivity index (χ4v) is 3.58. The summed E-state index contributed by atoms with van der Waals surface area (Å²) in [4.78, 5) is 13.1. The first-order valence-corrected chi connectivity index (χ1v) is 11.2. The third kappa shape index (κ3) is 5.81. The van der Waals surface area contributed by atoms with E-state index in [0.29, 0.717) is 18.1 Å². The van der Waals surface area contributed by atoms with Crippen LogP contribution in [0.4, 0.5) is 5.69 Å². The molecule has 0 unspecified atom stereocenters. The van der Waals surface area contributed by atoms with Crippen LogP contribution in [0.3, 0.4) is 0 Å². The molecule has 5 heteroatoms. The Hall–Kier alpha value is -2.95. The van der Waals surface area contributed by atoms with Crippen LogP contribution in [0.15, 0.2) is 53.3 Å². The lowest BCUT2D eigenvalue weighted by molar-refractivity contribution is 0.216. The van der Waals surface area contributed by atoms with E-state index in [1.807, 2.05) is 50.2 Å². The van der Waals surface area contributed by atoms with Crippen molar-refractivity contribution < 1.29 is 9.47 Å². The van der Waals surface area contributed by atoms with E-state index in [1.165, 1.54) is 18.4 Å². The van der Waals surface area contributed by atoms with Crippen molar-refractivity contribution in [2.45, 2.75) is 59.1 Å². The molecule has 0 aliphatic carbocycles. The lowest BCUT2D eigenvalue weighted by Gasteiger charge is -2.19. The van der Waals surface area contributed by atoms with E-state index in [4.69, 9.17) is 9.47 Å². The molecule has 0 aliphatic rings. The van der Waals surface area contributed by atoms with Crippen LogP contribution in [0.5, 0.6) is 11.5 Å². The van der Waals surface area contributed by atoms with E-state index in [9.17, 15) is 4.79 Å². The van der Waals surface area contributed by atoms with Crippen molar-refractivity contribution >= 4 is 16.6 Å². The van der Waals surface area contributed by atoms with Gasteiger partial charge in [-0.3, -0.25) is 4.79 Å². The predicted octanol–water partition coefficient (Wildman–Crippen LogP) is 5.90. The number of hydrogen-bond donors (Lipinski definition) is 1. The molecule has 0 radical (unpaired) electrons. The first kappa shape index (κ1) is 22.7. The van der Waals surface area contributed by atoms with Crippen LogP contribution >= 0.6 is 0 Å². The van der Waals surface area contributed by atoms with E-state index in [-0.39, 0.29) is 11.7 Å². The maximum absolute atomic E-state index is 13.1. The number of hydrogen-bond acceptors (Lipinski definition) is 4. The molecular formula is C26H34N2O3. The van der Waals surface area contributed by atoms with Gasteiger partial charge >= 0.3 is 0 Å². The van der Waals surface area contributed by atoms with Crippen molar-refractivity contribution in [3.8, 4) is 11.5 Å². The van der Waals surface area contributed by atoms with Crippen molar-refractivity contribution in [2.24, 2.45) is 7.05 Å². The first-order valence-electron chi connectivity index (χ1n) is 11.2. The number of anilines is 1. The number of ether oxygens (including phenoxy) is 2. The molecular weight excluding hydrogens is 388 g/mol. The molecule has 0 aliphatic heterocycles. The Labute approximate surface area is 185 Å². The van der Waals surface area contributed by atoms with Gasteiger partial charge in [0.05, 0.1) is 18.2 Å². The normalized spacial score (nSPS) is 11.1. The lowest BCUT2D eigenvalue weighted by Crippen LogP contribution is -2.23. The molecule has 166 valence electrons. The van der Waals surface area contributed by atoms with Gasteiger partial charge in [-0.1, -0.05) is 56.5 Å². The molecule has 0 saturated carbocycles. The molecule has 5 nitrogen and oxygen atoms in total. The number of aromatic nitrogens is 1. The molecule has 1 N–H and O–H groups in total. The quantitative estimate of drug-likeness (QED) is 0.391. The molecule has 0 fully saturated rings. The number of rotatable bonds is 11. The molecule has 0 amide bonds. The molecule has 31 heavy (non-hydrogen) atoms. The van der Waals surface area contributed by atoms with Gasteiger partial charge < -0.3 is 19.4 Å². The van der Waals surface area contributed by atoms with Crippen molar-refractivity contribution in [1.29, 1.82) is 0 Å². The maximum Gasteiger partial charge on any atom is 0.297 e. The van der Waals surface area contributed by atoms with Crippen LogP contribution in [0.1, 0.15) is 52.0 Å². The Morgan fingerprint density at radius 3 is 2.48 bits per heavy atom. The monoisotopic (exact) mass is 422 g/mol. The number of nitrogens with zero attached hydrogens (tertiary/aromatic N) is 1. The van der Waals surface area contributed by atoms with Gasteiger partial charge in [-0.15, -0.1) is 0 Å². The Morgan fingerprint density at radius 1 is 1.00 bits per heavy atom. The molecule has 3 aromatic rings. The first-order chi connectivity index (χ1) is 15.0. The molecule has 1 heterocycles. The van der Waals surface area contributed by atoms with Gasteiger partial charge in [-0.2, -0.15) is 0 Å². The van der Waals surface area contributed by atoms with E-state index in [0.717, 1.165) is 36.0 Å². The number of aryl methyl sites for hydroxylation is 1. The molecule has 0 bridgehead atoms. The molecule has 3 rings (SSSR count). The van der Waals surface area contributed by atoms with Gasteiger partial charge in [0.2, 0.25) is 5.75 Å². The SMILES string of the molecule is CCCCCCOc1c(OC(C)C)c(=O)n(C)c2cc(NCc3ccccc3)ccc12. The van der Waals surface area contributed by atoms with Crippen molar-refractivity contribution in [3.63, 3.8) is 0 Å². The smallest absolute Gasteiger partial charge is 0.297 e. The fourth-order valence-electron chi connectivity index (χ4n) is 3.58. The van der Waals surface area contributed by atoms with Gasteiger partial charge in [-0.05, 0) is 44.0 Å². The largest absolute Gasteiger partial charge is 0.489 e. The molecule has 0 atom stereocenters. The minimum atomic E-state index is -0.176. The Kier molecular flexibility index (Phi) is 7.99. The highest BCUT2D eigenvalue weighted by Crippen LogP contribution is 2.34. The zero-order chi connectivity index (χ0) is 22.2. The average molecular weight is 423 g/mol. The molecule has 0 saturated heterocycles. The summed E-state index contributed by atoms with van der Waals surface area (Å²) in [5, 5.41) is 4.33. The summed E-state index contributed by atoms with van der Waals surface area (Å²) in [5.74, 6) is 0.850. The van der Waals surface area contributed by atoms with E-state index < -0.39 is 0 Å². The van der Waals surface area contributed by atoms with Gasteiger partial charge in [0.15, 0.2) is 5.75 Å². The van der Waals surface area contributed by atoms with E-state index in [1.54, 1.807) is 11.6 Å². The minimum Gasteiger partial charge on any atom is -0.489 e. The number of unbranched alkanes of at least 4 members (excludes halogenated alkanes) is 3. The summed E-state index contributed by atoms with van der Waals surface area (Å²) in [5.41, 5.74) is 2.80. The third-order valence-electron chi connectivity index (χ3n) is 5.25. The van der Waals surface area contributed by atoms with Crippen molar-refractivity contribution in [2.75, 3.05) is 11.9 Å². The average Bonchev–Trinajstić information content (AvgIpc) is 2.78. The zero-order valence-electron chi connectivity index (χ0n) is 19.1. The lowest BCUT2D eigenvalue weighted by atomic mass is 10.1. The van der Waals surface area contributed by atoms with Gasteiger partial charge in [-0.25, -0.2) is 0 Å². The van der Waals surface area contributed by atoms with E-state index in [2.05, 4.69) is 24.4 Å². The highest BCUT2D eigenvalue weighted by Gasteiger charge is 2.19. The zero-order valence-corrected chi connectivity index (χ0v) is 19.1. The Balaban J connectivity index is 1.93. The summed E-state index contributed by atoms with van der Waals surface area (Å²) in [6.07, 6.45) is 4.33. The highest BCUT2D eigenvalue weighted by atomic mass is 16.5. The Bertz CT molecular complexity index is 1040. The second-order valence-corrected chi connectivity index (χ2v) is 8.17. The fraction of sp³-hybridized carbons (Fsp3) is 0.423. The number of fused-ring (bicyclic) bond motifs is 1. The second kappa shape index (κ2) is 10.9. The molecule has 0 spiro atoms. The minimum absolute atomic E-state index is 0.112. The maximum atomic E-state index is 13.1. The molecule has 1 aromatic heterocycles. The summed E-state index contributed by atoms with van der Waals surface area (Å²) in [7, 11) is 1.78. The van der Waals surface area contributed by atoms with Crippen LogP contribution in [-0.2, 0) is 13.6 Å². The molecule has 2 aromatic carbocycles. The van der Waals surface area contributed by atoms with Crippen LogP contribution in [0.2, 0.25) is 0 Å². The van der Waals surface area contributed by atoms with Crippen LogP contribution in [-0.4, -0.2) is 17.3 Å². The van der Waals surface area contributed by atoms with Gasteiger partial charge in [0, 0.05) is 24.7 Å². The van der Waals surface area contributed by atoms with Crippen molar-refractivity contribution in [3.05, 3.63) is 64.4 Å². The summed E-state index contributed by atoms with van der Waals surface area (Å²) in [6.45, 7) is 7.32. The van der Waals surface area contributed by atoms with Gasteiger partial charge in [0.1, 0.15) is 0 Å². The highest BCUT2D eigenvalue weighted by molar-refractivity contribution is 5.90. The number of benzene rings is 2. The Morgan fingerprint density at radius 2 is 1.77 bits per heavy atom. The van der Waals surface area contributed by atoms with Crippen molar-refractivity contribution in [1.82, 2.24) is 4.57 Å². The van der Waals surface area contributed by atoms with Gasteiger partial charge in [0.25, 0.3) is 5.56 Å². The summed E-state index contributed by atoms with van der Waals surface area (Å²) >= 11 is 0. The van der Waals surface area contributed by atoms with Crippen LogP contribution in [0.25, 0.3) is 10.9 Å². The summed E-state index contributed by atoms with van der Waals surface area (Å²) < 4.78 is 13.7.